The summed E-state index contributed by atoms with van der Waals surface area (Å²) in [5, 5.41) is 4.88. The molecule has 1 heterocycles. The van der Waals surface area contributed by atoms with Gasteiger partial charge in [0.05, 0.1) is 18.1 Å². The molecule has 0 aliphatic heterocycles. The number of aromatic nitrogens is 1. The maximum atomic E-state index is 5.51. The first-order chi connectivity index (χ1) is 18.3. The van der Waals surface area contributed by atoms with Crippen molar-refractivity contribution in [1.29, 1.82) is 0 Å². The lowest BCUT2D eigenvalue weighted by Gasteiger charge is -2.11. The first kappa shape index (κ1) is 21.5. The van der Waals surface area contributed by atoms with E-state index in [1.54, 1.807) is 7.11 Å². The molecule has 0 fully saturated rings. The van der Waals surface area contributed by atoms with Crippen molar-refractivity contribution < 1.29 is 4.74 Å². The minimum atomic E-state index is 0.870. The van der Waals surface area contributed by atoms with E-state index in [0.29, 0.717) is 0 Å². The average molecular weight is 476 g/mol. The van der Waals surface area contributed by atoms with Gasteiger partial charge in [-0.2, -0.15) is 0 Å². The van der Waals surface area contributed by atoms with Crippen LogP contribution in [0.4, 0.5) is 0 Å². The molecule has 7 rings (SSSR count). The fraction of sp³-hybridized carbons (Fsp3) is 0.0286. The Morgan fingerprint density at radius 2 is 1.14 bits per heavy atom. The Kier molecular flexibility index (Phi) is 5.04. The van der Waals surface area contributed by atoms with Crippen LogP contribution in [0.2, 0.25) is 0 Å². The van der Waals surface area contributed by atoms with E-state index in [1.165, 1.54) is 54.8 Å². The zero-order valence-electron chi connectivity index (χ0n) is 20.6. The quantitative estimate of drug-likeness (QED) is 0.247. The summed E-state index contributed by atoms with van der Waals surface area (Å²) in [5.74, 6) is 0.870. The van der Waals surface area contributed by atoms with Crippen molar-refractivity contribution in [3.63, 3.8) is 0 Å². The van der Waals surface area contributed by atoms with Gasteiger partial charge in [-0.1, -0.05) is 91.0 Å². The van der Waals surface area contributed by atoms with Crippen LogP contribution in [0.15, 0.2) is 133 Å². The molecule has 7 aromatic rings. The van der Waals surface area contributed by atoms with Crippen molar-refractivity contribution in [3.05, 3.63) is 133 Å². The minimum Gasteiger partial charge on any atom is -0.497 e. The van der Waals surface area contributed by atoms with Gasteiger partial charge in [-0.15, -0.1) is 0 Å². The number of methoxy groups -OCH3 is 1. The molecule has 0 saturated carbocycles. The summed E-state index contributed by atoms with van der Waals surface area (Å²) < 4.78 is 7.91. The smallest absolute Gasteiger partial charge is 0.119 e. The number of fused-ring (bicyclic) bond motifs is 5. The maximum Gasteiger partial charge on any atom is 0.119 e. The second kappa shape index (κ2) is 8.69. The minimum absolute atomic E-state index is 0.870. The third kappa shape index (κ3) is 3.57. The van der Waals surface area contributed by atoms with E-state index in [4.69, 9.17) is 4.74 Å². The summed E-state index contributed by atoms with van der Waals surface area (Å²) in [5.41, 5.74) is 8.44. The molecule has 0 unspecified atom stereocenters. The number of para-hydroxylation sites is 1. The molecule has 0 N–H and O–H groups in total. The van der Waals surface area contributed by atoms with E-state index in [2.05, 4.69) is 138 Å². The Hall–Kier alpha value is -4.82. The number of hydrogen-bond acceptors (Lipinski definition) is 1. The molecule has 0 aliphatic rings. The molecule has 0 atom stereocenters. The first-order valence-corrected chi connectivity index (χ1v) is 12.6. The third-order valence-corrected chi connectivity index (χ3v) is 7.27. The van der Waals surface area contributed by atoms with Crippen molar-refractivity contribution in [1.82, 2.24) is 4.57 Å². The summed E-state index contributed by atoms with van der Waals surface area (Å²) in [6, 6.07) is 47.7. The normalized spacial score (nSPS) is 11.4. The molecule has 2 nitrogen and oxygen atoms in total. The third-order valence-electron chi connectivity index (χ3n) is 7.27. The second-order valence-corrected chi connectivity index (χ2v) is 9.40. The monoisotopic (exact) mass is 475 g/mol. The number of benzene rings is 6. The van der Waals surface area contributed by atoms with Gasteiger partial charge in [-0.3, -0.25) is 0 Å². The molecule has 0 radical (unpaired) electrons. The predicted octanol–water partition coefficient (Wildman–Crippen LogP) is 9.28. The van der Waals surface area contributed by atoms with Crippen molar-refractivity contribution in [2.45, 2.75) is 0 Å². The SMILES string of the molecule is COc1ccc2c(ccc3c4ccc(-c5cccc(-c6ccccc6)c5)cc4n(-c4ccccc4)c23)c1. The van der Waals surface area contributed by atoms with Crippen molar-refractivity contribution in [3.8, 4) is 33.7 Å². The molecule has 6 aromatic carbocycles. The molecule has 0 spiro atoms. The highest BCUT2D eigenvalue weighted by Gasteiger charge is 2.16. The van der Waals surface area contributed by atoms with E-state index in [9.17, 15) is 0 Å². The van der Waals surface area contributed by atoms with Crippen LogP contribution in [0.5, 0.6) is 5.75 Å². The zero-order valence-corrected chi connectivity index (χ0v) is 20.6. The summed E-state index contributed by atoms with van der Waals surface area (Å²) in [6.45, 7) is 0. The predicted molar refractivity (Wildman–Crippen MR) is 156 cm³/mol. The van der Waals surface area contributed by atoms with Gasteiger partial charge in [-0.05, 0) is 70.1 Å². The lowest BCUT2D eigenvalue weighted by atomic mass is 9.98. The molecular formula is C35H25NO. The van der Waals surface area contributed by atoms with E-state index in [-0.39, 0.29) is 0 Å². The highest BCUT2D eigenvalue weighted by atomic mass is 16.5. The topological polar surface area (TPSA) is 14.2 Å². The molecule has 1 aromatic heterocycles. The largest absolute Gasteiger partial charge is 0.497 e. The van der Waals surface area contributed by atoms with Crippen LogP contribution in [-0.4, -0.2) is 11.7 Å². The van der Waals surface area contributed by atoms with Gasteiger partial charge in [0.2, 0.25) is 0 Å². The summed E-state index contributed by atoms with van der Waals surface area (Å²) >= 11 is 0. The van der Waals surface area contributed by atoms with Gasteiger partial charge in [0.25, 0.3) is 0 Å². The van der Waals surface area contributed by atoms with E-state index in [0.717, 1.165) is 11.4 Å². The molecule has 176 valence electrons. The first-order valence-electron chi connectivity index (χ1n) is 12.6. The van der Waals surface area contributed by atoms with Crippen molar-refractivity contribution >= 4 is 32.6 Å². The van der Waals surface area contributed by atoms with Gasteiger partial charge in [0.15, 0.2) is 0 Å². The van der Waals surface area contributed by atoms with E-state index >= 15 is 0 Å². The molecule has 0 amide bonds. The summed E-state index contributed by atoms with van der Waals surface area (Å²) in [4.78, 5) is 0. The van der Waals surface area contributed by atoms with E-state index in [1.807, 2.05) is 0 Å². The Balaban J connectivity index is 1.51. The van der Waals surface area contributed by atoms with E-state index < -0.39 is 0 Å². The van der Waals surface area contributed by atoms with Crippen LogP contribution >= 0.6 is 0 Å². The standard InChI is InChI=1S/C35H25NO/c1-37-30-17-20-31-28(22-30)16-19-33-32-18-15-27(23-34(32)36(35(31)33)29-13-6-3-7-14-29)26-12-8-11-25(21-26)24-9-4-2-5-10-24/h2-23H,1H3. The van der Waals surface area contributed by atoms with Gasteiger partial charge >= 0.3 is 0 Å². The fourth-order valence-corrected chi connectivity index (χ4v) is 5.48. The fourth-order valence-electron chi connectivity index (χ4n) is 5.48. The number of rotatable bonds is 4. The van der Waals surface area contributed by atoms with Crippen LogP contribution in [0.3, 0.4) is 0 Å². The molecule has 0 aliphatic carbocycles. The highest BCUT2D eigenvalue weighted by molar-refractivity contribution is 6.19. The number of hydrogen-bond donors (Lipinski definition) is 0. The number of ether oxygens (including phenoxy) is 1. The average Bonchev–Trinajstić information content (AvgIpc) is 3.32. The Bertz CT molecular complexity index is 1900. The summed E-state index contributed by atoms with van der Waals surface area (Å²) in [7, 11) is 1.72. The van der Waals surface area contributed by atoms with Gasteiger partial charge in [0, 0.05) is 21.8 Å². The molecule has 0 bridgehead atoms. The van der Waals surface area contributed by atoms with Crippen LogP contribution in [-0.2, 0) is 0 Å². The van der Waals surface area contributed by atoms with Gasteiger partial charge in [0.1, 0.15) is 5.75 Å². The van der Waals surface area contributed by atoms with Crippen molar-refractivity contribution in [2.75, 3.05) is 7.11 Å². The Labute approximate surface area is 216 Å². The Morgan fingerprint density at radius 3 is 1.92 bits per heavy atom. The second-order valence-electron chi connectivity index (χ2n) is 9.40. The maximum absolute atomic E-state index is 5.51. The van der Waals surface area contributed by atoms with Crippen LogP contribution in [0.25, 0.3) is 60.5 Å². The number of nitrogens with zero attached hydrogens (tertiary/aromatic N) is 1. The lowest BCUT2D eigenvalue weighted by Crippen LogP contribution is -1.94. The van der Waals surface area contributed by atoms with Gasteiger partial charge < -0.3 is 9.30 Å². The Morgan fingerprint density at radius 1 is 0.486 bits per heavy atom. The zero-order chi connectivity index (χ0) is 24.8. The highest BCUT2D eigenvalue weighted by Crippen LogP contribution is 2.39. The van der Waals surface area contributed by atoms with Gasteiger partial charge in [-0.25, -0.2) is 0 Å². The summed E-state index contributed by atoms with van der Waals surface area (Å²) in [6.07, 6.45) is 0. The van der Waals surface area contributed by atoms with Crippen LogP contribution in [0, 0.1) is 0 Å². The molecule has 2 heteroatoms. The molecule has 37 heavy (non-hydrogen) atoms. The van der Waals surface area contributed by atoms with Crippen LogP contribution in [0.1, 0.15) is 0 Å². The lowest BCUT2D eigenvalue weighted by molar-refractivity contribution is 0.415. The van der Waals surface area contributed by atoms with Crippen molar-refractivity contribution in [2.24, 2.45) is 0 Å². The van der Waals surface area contributed by atoms with Crippen LogP contribution < -0.4 is 4.74 Å². The molecule has 0 saturated heterocycles. The molecular weight excluding hydrogens is 450 g/mol.